The van der Waals surface area contributed by atoms with Crippen molar-refractivity contribution in [1.82, 2.24) is 5.32 Å². The molecule has 0 spiro atoms. The molecule has 0 bridgehead atoms. The van der Waals surface area contributed by atoms with Gasteiger partial charge in [0, 0.05) is 12.1 Å². The topological polar surface area (TPSA) is 12.0 Å². The molecular formula is C7H19NS. The van der Waals surface area contributed by atoms with Crippen LogP contribution in [0.25, 0.3) is 0 Å². The van der Waals surface area contributed by atoms with Crippen LogP contribution in [0.4, 0.5) is 0 Å². The summed E-state index contributed by atoms with van der Waals surface area (Å²) in [5.41, 5.74) is 0. The predicted octanol–water partition coefficient (Wildman–Crippen LogP) is 1.94. The van der Waals surface area contributed by atoms with Gasteiger partial charge in [-0.15, -0.1) is 0 Å². The van der Waals surface area contributed by atoms with Crippen molar-refractivity contribution in [3.8, 4) is 0 Å². The Morgan fingerprint density at radius 3 is 1.11 bits per heavy atom. The minimum atomic E-state index is 0.625. The molecule has 0 rings (SSSR count). The molecule has 1 N–H and O–H groups in total. The summed E-state index contributed by atoms with van der Waals surface area (Å²) < 4.78 is 0. The Balaban J connectivity index is 0. The van der Waals surface area contributed by atoms with Gasteiger partial charge in [0.2, 0.25) is 0 Å². The molecule has 0 radical (unpaired) electrons. The second kappa shape index (κ2) is 8.31. The van der Waals surface area contributed by atoms with E-state index in [1.807, 2.05) is 0 Å². The van der Waals surface area contributed by atoms with Crippen molar-refractivity contribution in [2.24, 2.45) is 0 Å². The highest BCUT2D eigenvalue weighted by Crippen LogP contribution is 1.80. The summed E-state index contributed by atoms with van der Waals surface area (Å²) in [6.45, 7) is 8.61. The first-order valence-corrected chi connectivity index (χ1v) is 4.23. The summed E-state index contributed by atoms with van der Waals surface area (Å²) in [6.07, 6.45) is 1.69. The molecule has 1 nitrogen and oxygen atoms in total. The lowest BCUT2D eigenvalue weighted by atomic mass is 10.3. The van der Waals surface area contributed by atoms with E-state index in [1.165, 1.54) is 0 Å². The Morgan fingerprint density at radius 1 is 0.889 bits per heavy atom. The van der Waals surface area contributed by atoms with Crippen LogP contribution in [0.3, 0.4) is 0 Å². The average molecular weight is 149 g/mol. The van der Waals surface area contributed by atoms with Gasteiger partial charge in [-0.05, 0) is 6.26 Å². The third kappa shape index (κ3) is 17.8. The van der Waals surface area contributed by atoms with E-state index in [2.05, 4.69) is 45.6 Å². The molecule has 2 heteroatoms. The number of hydrogen-bond donors (Lipinski definition) is 2. The molecule has 0 aromatic rings. The summed E-state index contributed by atoms with van der Waals surface area (Å²) in [5, 5.41) is 3.31. The number of rotatable bonds is 2. The molecule has 0 aliphatic rings. The van der Waals surface area contributed by atoms with Crippen LogP contribution in [-0.2, 0) is 0 Å². The van der Waals surface area contributed by atoms with Crippen LogP contribution in [0.2, 0.25) is 0 Å². The van der Waals surface area contributed by atoms with E-state index in [9.17, 15) is 0 Å². The van der Waals surface area contributed by atoms with Crippen molar-refractivity contribution in [3.63, 3.8) is 0 Å². The number of hydrogen-bond acceptors (Lipinski definition) is 2. The maximum Gasteiger partial charge on any atom is 0.00127 e. The van der Waals surface area contributed by atoms with Crippen LogP contribution in [0.1, 0.15) is 27.7 Å². The standard InChI is InChI=1S/C6H15N.CH4S/c1-5(2)7-6(3)4;1-2/h5-7H,1-4H3;2H,1H3. The maximum atomic E-state index is 3.53. The van der Waals surface area contributed by atoms with Crippen molar-refractivity contribution in [2.45, 2.75) is 39.8 Å². The molecule has 0 saturated carbocycles. The maximum absolute atomic E-state index is 3.53. The lowest BCUT2D eigenvalue weighted by Crippen LogP contribution is -2.29. The Labute approximate surface area is 64.6 Å². The van der Waals surface area contributed by atoms with E-state index in [4.69, 9.17) is 0 Å². The van der Waals surface area contributed by atoms with Crippen LogP contribution in [0, 0.1) is 0 Å². The Hall–Kier alpha value is 0.310. The highest BCUT2D eigenvalue weighted by atomic mass is 32.1. The van der Waals surface area contributed by atoms with Gasteiger partial charge in [-0.3, -0.25) is 0 Å². The van der Waals surface area contributed by atoms with Crippen molar-refractivity contribution in [2.75, 3.05) is 6.26 Å². The van der Waals surface area contributed by atoms with Crippen LogP contribution in [0.5, 0.6) is 0 Å². The first-order chi connectivity index (χ1) is 4.13. The molecule has 0 aliphatic heterocycles. The molecule has 0 saturated heterocycles. The first kappa shape index (κ1) is 12.0. The first-order valence-electron chi connectivity index (χ1n) is 3.33. The van der Waals surface area contributed by atoms with Crippen molar-refractivity contribution >= 4 is 12.6 Å². The van der Waals surface area contributed by atoms with Gasteiger partial charge < -0.3 is 5.32 Å². The van der Waals surface area contributed by atoms with Gasteiger partial charge >= 0.3 is 0 Å². The molecule has 58 valence electrons. The zero-order chi connectivity index (χ0) is 7.86. The van der Waals surface area contributed by atoms with Gasteiger partial charge in [-0.25, -0.2) is 0 Å². The van der Waals surface area contributed by atoms with E-state index in [0.717, 1.165) is 0 Å². The number of nitrogens with one attached hydrogen (secondary N) is 1. The highest BCUT2D eigenvalue weighted by Gasteiger charge is 1.92. The van der Waals surface area contributed by atoms with Crippen molar-refractivity contribution in [1.29, 1.82) is 0 Å². The molecular weight excluding hydrogens is 130 g/mol. The van der Waals surface area contributed by atoms with Gasteiger partial charge in [0.15, 0.2) is 0 Å². The largest absolute Gasteiger partial charge is 0.312 e. The Morgan fingerprint density at radius 2 is 1.11 bits per heavy atom. The highest BCUT2D eigenvalue weighted by molar-refractivity contribution is 7.79. The minimum Gasteiger partial charge on any atom is -0.312 e. The second-order valence-electron chi connectivity index (χ2n) is 2.48. The lowest BCUT2D eigenvalue weighted by Gasteiger charge is -2.10. The molecule has 0 aliphatic carbocycles. The summed E-state index contributed by atoms with van der Waals surface area (Å²) >= 11 is 3.53. The molecule has 0 unspecified atom stereocenters. The summed E-state index contributed by atoms with van der Waals surface area (Å²) in [5.74, 6) is 0. The Kier molecular flexibility index (Phi) is 11.1. The Bertz CT molecular complexity index is 38.2. The SMILES string of the molecule is CC(C)NC(C)C.CS. The smallest absolute Gasteiger partial charge is 0.00127 e. The second-order valence-corrected chi connectivity index (χ2v) is 2.48. The zero-order valence-corrected chi connectivity index (χ0v) is 8.00. The van der Waals surface area contributed by atoms with Crippen molar-refractivity contribution < 1.29 is 0 Å². The molecule has 0 aromatic carbocycles. The molecule has 0 fully saturated rings. The predicted molar refractivity (Wildman–Crippen MR) is 48.3 cm³/mol. The van der Waals surface area contributed by atoms with Crippen LogP contribution in [0.15, 0.2) is 0 Å². The fraction of sp³-hybridized carbons (Fsp3) is 1.00. The monoisotopic (exact) mass is 149 g/mol. The van der Waals surface area contributed by atoms with Crippen LogP contribution >= 0.6 is 12.6 Å². The van der Waals surface area contributed by atoms with Gasteiger partial charge in [0.1, 0.15) is 0 Å². The van der Waals surface area contributed by atoms with Crippen LogP contribution in [-0.4, -0.2) is 18.3 Å². The van der Waals surface area contributed by atoms with Gasteiger partial charge in [-0.2, -0.15) is 12.6 Å². The molecule has 9 heavy (non-hydrogen) atoms. The van der Waals surface area contributed by atoms with Crippen molar-refractivity contribution in [3.05, 3.63) is 0 Å². The third-order valence-corrected chi connectivity index (χ3v) is 0.667. The van der Waals surface area contributed by atoms with E-state index in [-0.39, 0.29) is 0 Å². The molecule has 0 atom stereocenters. The fourth-order valence-corrected chi connectivity index (χ4v) is 0.667. The molecule has 0 heterocycles. The third-order valence-electron chi connectivity index (χ3n) is 0.667. The van der Waals surface area contributed by atoms with Gasteiger partial charge in [-0.1, -0.05) is 27.7 Å². The van der Waals surface area contributed by atoms with E-state index >= 15 is 0 Å². The normalized spacial score (nSPS) is 9.33. The molecule has 0 amide bonds. The average Bonchev–Trinajstić information content (AvgIpc) is 1.68. The summed E-state index contributed by atoms with van der Waals surface area (Å²) in [6, 6.07) is 1.25. The lowest BCUT2D eigenvalue weighted by molar-refractivity contribution is 0.518. The minimum absolute atomic E-state index is 0.625. The molecule has 0 aromatic heterocycles. The van der Waals surface area contributed by atoms with E-state index < -0.39 is 0 Å². The summed E-state index contributed by atoms with van der Waals surface area (Å²) in [7, 11) is 0. The van der Waals surface area contributed by atoms with Gasteiger partial charge in [0.25, 0.3) is 0 Å². The van der Waals surface area contributed by atoms with E-state index in [1.54, 1.807) is 6.26 Å². The quantitative estimate of drug-likeness (QED) is 0.572. The van der Waals surface area contributed by atoms with Gasteiger partial charge in [0.05, 0.1) is 0 Å². The zero-order valence-electron chi connectivity index (χ0n) is 7.10. The number of thiol groups is 1. The summed E-state index contributed by atoms with van der Waals surface area (Å²) in [4.78, 5) is 0. The van der Waals surface area contributed by atoms with E-state index in [0.29, 0.717) is 12.1 Å². The van der Waals surface area contributed by atoms with Crippen LogP contribution < -0.4 is 5.32 Å². The fourth-order valence-electron chi connectivity index (χ4n) is 0.667.